The molecule has 8 nitrogen and oxygen atoms in total. The van der Waals surface area contributed by atoms with Crippen LogP contribution in [0.2, 0.25) is 0 Å². The van der Waals surface area contributed by atoms with Gasteiger partial charge in [0.25, 0.3) is 0 Å². The fourth-order valence-electron chi connectivity index (χ4n) is 3.24. The highest BCUT2D eigenvalue weighted by atomic mass is 15.2. The van der Waals surface area contributed by atoms with Gasteiger partial charge >= 0.3 is 0 Å². The minimum absolute atomic E-state index is 0.116. The number of aromatic nitrogens is 4. The normalized spacial score (nSPS) is 15.8. The van der Waals surface area contributed by atoms with Gasteiger partial charge in [0.1, 0.15) is 11.9 Å². The zero-order valence-electron chi connectivity index (χ0n) is 17.0. The first-order valence-electron chi connectivity index (χ1n) is 9.65. The second kappa shape index (κ2) is 8.48. The Morgan fingerprint density at radius 1 is 1.14 bits per heavy atom. The molecule has 1 fully saturated rings. The lowest BCUT2D eigenvalue weighted by atomic mass is 9.90. The molecule has 2 aromatic heterocycles. The zero-order valence-corrected chi connectivity index (χ0v) is 17.0. The SMILES string of the molecule is CN1CCC(CNc2cc(Nc3cnc(C#N)cn3)nnc2C(C)(C)C)CC1. The first-order valence-corrected chi connectivity index (χ1v) is 9.65. The van der Waals surface area contributed by atoms with Crippen molar-refractivity contribution in [3.05, 3.63) is 29.8 Å². The second-order valence-corrected chi connectivity index (χ2v) is 8.39. The van der Waals surface area contributed by atoms with Crippen LogP contribution < -0.4 is 10.6 Å². The second-order valence-electron chi connectivity index (χ2n) is 8.39. The van der Waals surface area contributed by atoms with Crippen molar-refractivity contribution in [2.24, 2.45) is 5.92 Å². The maximum Gasteiger partial charge on any atom is 0.158 e. The summed E-state index contributed by atoms with van der Waals surface area (Å²) >= 11 is 0. The lowest BCUT2D eigenvalue weighted by molar-refractivity contribution is 0.226. The van der Waals surface area contributed by atoms with Crippen molar-refractivity contribution < 1.29 is 0 Å². The van der Waals surface area contributed by atoms with Crippen molar-refractivity contribution >= 4 is 17.3 Å². The summed E-state index contributed by atoms with van der Waals surface area (Å²) in [4.78, 5) is 10.6. The highest BCUT2D eigenvalue weighted by Gasteiger charge is 2.23. The average molecular weight is 381 g/mol. The summed E-state index contributed by atoms with van der Waals surface area (Å²) in [7, 11) is 2.18. The molecule has 1 aliphatic heterocycles. The van der Waals surface area contributed by atoms with Crippen LogP contribution in [0.5, 0.6) is 0 Å². The number of piperidine rings is 1. The Kier molecular flexibility index (Phi) is 6.05. The number of hydrogen-bond donors (Lipinski definition) is 2. The van der Waals surface area contributed by atoms with E-state index in [-0.39, 0.29) is 11.1 Å². The van der Waals surface area contributed by atoms with E-state index in [1.54, 1.807) is 0 Å². The van der Waals surface area contributed by atoms with Crippen molar-refractivity contribution in [2.75, 3.05) is 37.3 Å². The molecule has 0 unspecified atom stereocenters. The molecule has 3 rings (SSSR count). The number of rotatable bonds is 5. The van der Waals surface area contributed by atoms with Crippen LogP contribution >= 0.6 is 0 Å². The van der Waals surface area contributed by atoms with Gasteiger partial charge in [0, 0.05) is 18.0 Å². The molecule has 0 aliphatic carbocycles. The molecule has 0 saturated carbocycles. The fourth-order valence-corrected chi connectivity index (χ4v) is 3.24. The first kappa shape index (κ1) is 20.0. The Morgan fingerprint density at radius 3 is 2.50 bits per heavy atom. The molecule has 0 aromatic carbocycles. The van der Waals surface area contributed by atoms with E-state index in [0.717, 1.165) is 31.0 Å². The summed E-state index contributed by atoms with van der Waals surface area (Å²) in [6.45, 7) is 9.64. The third kappa shape index (κ3) is 5.14. The summed E-state index contributed by atoms with van der Waals surface area (Å²) in [5.74, 6) is 1.79. The molecule has 0 radical (unpaired) electrons. The molecule has 0 bridgehead atoms. The van der Waals surface area contributed by atoms with Crippen molar-refractivity contribution in [1.82, 2.24) is 25.1 Å². The van der Waals surface area contributed by atoms with E-state index in [1.165, 1.54) is 25.2 Å². The maximum absolute atomic E-state index is 8.84. The molecule has 28 heavy (non-hydrogen) atoms. The molecule has 2 aromatic rings. The number of likely N-dealkylation sites (tertiary alicyclic amines) is 1. The minimum atomic E-state index is -0.116. The van der Waals surface area contributed by atoms with Gasteiger partial charge in [0.05, 0.1) is 23.8 Å². The van der Waals surface area contributed by atoms with Crippen molar-refractivity contribution in [1.29, 1.82) is 5.26 Å². The molecular weight excluding hydrogens is 352 g/mol. The van der Waals surface area contributed by atoms with Gasteiger partial charge in [-0.3, -0.25) is 0 Å². The predicted molar refractivity (Wildman–Crippen MR) is 109 cm³/mol. The van der Waals surface area contributed by atoms with Crippen LogP contribution in [-0.4, -0.2) is 51.7 Å². The zero-order chi connectivity index (χ0) is 20.1. The largest absolute Gasteiger partial charge is 0.383 e. The average Bonchev–Trinajstić information content (AvgIpc) is 2.67. The molecule has 8 heteroatoms. The summed E-state index contributed by atoms with van der Waals surface area (Å²) in [6.07, 6.45) is 5.36. The summed E-state index contributed by atoms with van der Waals surface area (Å²) in [5.41, 5.74) is 2.09. The van der Waals surface area contributed by atoms with Crippen molar-refractivity contribution in [3.8, 4) is 6.07 Å². The van der Waals surface area contributed by atoms with E-state index in [4.69, 9.17) is 5.26 Å². The van der Waals surface area contributed by atoms with Gasteiger partial charge in [-0.1, -0.05) is 20.8 Å². The van der Waals surface area contributed by atoms with Crippen molar-refractivity contribution in [2.45, 2.75) is 39.0 Å². The molecule has 148 valence electrons. The van der Waals surface area contributed by atoms with Crippen LogP contribution in [0.3, 0.4) is 0 Å². The predicted octanol–water partition coefficient (Wildman–Crippen LogP) is 2.93. The number of nitriles is 1. The molecule has 0 spiro atoms. The van der Waals surface area contributed by atoms with Crippen LogP contribution in [0.25, 0.3) is 0 Å². The van der Waals surface area contributed by atoms with E-state index in [9.17, 15) is 0 Å². The maximum atomic E-state index is 8.84. The van der Waals surface area contributed by atoms with Crippen LogP contribution in [0.1, 0.15) is 45.0 Å². The summed E-state index contributed by atoms with van der Waals surface area (Å²) in [6, 6.07) is 3.93. The van der Waals surface area contributed by atoms with Crippen LogP contribution in [0.15, 0.2) is 18.5 Å². The Hall–Kier alpha value is -2.79. The van der Waals surface area contributed by atoms with Crippen LogP contribution in [0.4, 0.5) is 17.3 Å². The number of nitrogens with zero attached hydrogens (tertiary/aromatic N) is 6. The molecule has 0 amide bonds. The first-order chi connectivity index (χ1) is 13.3. The van der Waals surface area contributed by atoms with Crippen LogP contribution in [0, 0.1) is 17.2 Å². The minimum Gasteiger partial charge on any atom is -0.383 e. The van der Waals surface area contributed by atoms with Gasteiger partial charge in [-0.2, -0.15) is 10.4 Å². The molecular formula is C20H28N8. The highest BCUT2D eigenvalue weighted by Crippen LogP contribution is 2.30. The van der Waals surface area contributed by atoms with Crippen LogP contribution in [-0.2, 0) is 5.41 Å². The van der Waals surface area contributed by atoms with Crippen molar-refractivity contribution in [3.63, 3.8) is 0 Å². The third-order valence-corrected chi connectivity index (χ3v) is 4.95. The number of hydrogen-bond acceptors (Lipinski definition) is 8. The van der Waals surface area contributed by atoms with Gasteiger partial charge in [0.15, 0.2) is 11.5 Å². The fraction of sp³-hybridized carbons (Fsp3) is 0.550. The summed E-state index contributed by atoms with van der Waals surface area (Å²) in [5, 5.41) is 24.3. The van der Waals surface area contributed by atoms with Gasteiger partial charge in [-0.05, 0) is 38.9 Å². The lowest BCUT2D eigenvalue weighted by Gasteiger charge is -2.30. The van der Waals surface area contributed by atoms with E-state index < -0.39 is 0 Å². The Morgan fingerprint density at radius 2 is 1.89 bits per heavy atom. The Balaban J connectivity index is 1.75. The standard InChI is InChI=1S/C20H28N8/c1-20(2,3)19-16(23-11-14-5-7-28(4)8-6-14)9-17(26-27-19)25-18-13-22-15(10-21)12-24-18/h9,12-14H,5-8,11H2,1-4H3,(H2,23,24,25,26). The molecule has 0 atom stereocenters. The third-order valence-electron chi connectivity index (χ3n) is 4.95. The molecule has 2 N–H and O–H groups in total. The molecule has 1 aliphatic rings. The summed E-state index contributed by atoms with van der Waals surface area (Å²) < 4.78 is 0. The van der Waals surface area contributed by atoms with Gasteiger partial charge < -0.3 is 15.5 Å². The smallest absolute Gasteiger partial charge is 0.158 e. The van der Waals surface area contributed by atoms with E-state index >= 15 is 0 Å². The lowest BCUT2D eigenvalue weighted by Crippen LogP contribution is -2.33. The Bertz CT molecular complexity index is 827. The molecule has 3 heterocycles. The topological polar surface area (TPSA) is 103 Å². The number of anilines is 3. The van der Waals surface area contributed by atoms with Gasteiger partial charge in [0.2, 0.25) is 0 Å². The monoisotopic (exact) mass is 380 g/mol. The van der Waals surface area contributed by atoms with E-state index in [0.29, 0.717) is 17.6 Å². The Labute approximate surface area is 166 Å². The quantitative estimate of drug-likeness (QED) is 0.816. The van der Waals surface area contributed by atoms with E-state index in [1.807, 2.05) is 12.1 Å². The molecule has 1 saturated heterocycles. The van der Waals surface area contributed by atoms with E-state index in [2.05, 4.69) is 63.5 Å². The van der Waals surface area contributed by atoms with Gasteiger partial charge in [-0.15, -0.1) is 5.10 Å². The number of nitrogens with one attached hydrogen (secondary N) is 2. The van der Waals surface area contributed by atoms with Gasteiger partial charge in [-0.25, -0.2) is 9.97 Å². The highest BCUT2D eigenvalue weighted by molar-refractivity contribution is 5.60.